The van der Waals surface area contributed by atoms with Gasteiger partial charge in [0.2, 0.25) is 5.88 Å². The maximum atomic E-state index is 12.8. The van der Waals surface area contributed by atoms with Gasteiger partial charge >= 0.3 is 0 Å². The number of pyridine rings is 1. The Kier molecular flexibility index (Phi) is 4.89. The summed E-state index contributed by atoms with van der Waals surface area (Å²) in [4.78, 5) is 17.0. The number of fused-ring (bicyclic) bond motifs is 1. The molecule has 0 spiro atoms. The highest BCUT2D eigenvalue weighted by molar-refractivity contribution is 7.14. The summed E-state index contributed by atoms with van der Waals surface area (Å²) in [5.41, 5.74) is 2.90. The van der Waals surface area contributed by atoms with Gasteiger partial charge in [0.25, 0.3) is 0 Å². The summed E-state index contributed by atoms with van der Waals surface area (Å²) >= 11 is 1.54. The van der Waals surface area contributed by atoms with E-state index in [9.17, 15) is 4.79 Å². The van der Waals surface area contributed by atoms with Gasteiger partial charge in [0.1, 0.15) is 16.1 Å². The normalized spacial score (nSPS) is 13.9. The van der Waals surface area contributed by atoms with Crippen LogP contribution in [0.4, 0.5) is 0 Å². The number of aromatic nitrogens is 5. The molecule has 8 nitrogen and oxygen atoms in total. The molecule has 9 heteroatoms. The van der Waals surface area contributed by atoms with Gasteiger partial charge < -0.3 is 10.1 Å². The van der Waals surface area contributed by atoms with Crippen LogP contribution in [0.5, 0.6) is 5.88 Å². The summed E-state index contributed by atoms with van der Waals surface area (Å²) < 4.78 is 5.74. The van der Waals surface area contributed by atoms with Gasteiger partial charge in [0, 0.05) is 41.9 Å². The molecule has 1 aliphatic rings. The third-order valence-electron chi connectivity index (χ3n) is 4.84. The minimum Gasteiger partial charge on any atom is -0.472 e. The van der Waals surface area contributed by atoms with Crippen molar-refractivity contribution in [3.8, 4) is 16.5 Å². The molecule has 0 radical (unpaired) electrons. The van der Waals surface area contributed by atoms with Crippen LogP contribution in [0.2, 0.25) is 0 Å². The fourth-order valence-corrected chi connectivity index (χ4v) is 3.84. The average molecular weight is 418 g/mol. The Balaban J connectivity index is 1.36. The highest BCUT2D eigenvalue weighted by Gasteiger charge is 2.19. The van der Waals surface area contributed by atoms with Gasteiger partial charge in [-0.3, -0.25) is 4.79 Å². The molecule has 30 heavy (non-hydrogen) atoms. The maximum Gasteiger partial charge on any atom is 0.214 e. The zero-order chi connectivity index (χ0) is 20.5. The van der Waals surface area contributed by atoms with Crippen molar-refractivity contribution in [3.05, 3.63) is 58.9 Å². The molecule has 0 unspecified atom stereocenters. The maximum absolute atomic E-state index is 12.8. The standard InChI is InChI=1S/C21H18N6O2S/c1-12-24-27-21(30-12)14-2-3-18-15(6-14)7-16(25-26-18)9-19(28)13-4-5-23-20(8-13)29-17-10-22-11-17/h2-8,17,22H,9-11H2,1H3. The molecule has 3 aromatic heterocycles. The van der Waals surface area contributed by atoms with Crippen LogP contribution < -0.4 is 10.1 Å². The van der Waals surface area contributed by atoms with Crippen molar-refractivity contribution in [2.75, 3.05) is 13.1 Å². The number of nitrogens with zero attached hydrogens (tertiary/aromatic N) is 5. The van der Waals surface area contributed by atoms with Crippen LogP contribution >= 0.6 is 11.3 Å². The van der Waals surface area contributed by atoms with Gasteiger partial charge in [-0.25, -0.2) is 4.98 Å². The molecule has 1 N–H and O–H groups in total. The van der Waals surface area contributed by atoms with Gasteiger partial charge in [0.05, 0.1) is 17.6 Å². The number of carbonyl (C=O) groups is 1. The minimum absolute atomic E-state index is 0.0569. The third-order valence-corrected chi connectivity index (χ3v) is 5.73. The average Bonchev–Trinajstić information content (AvgIpc) is 3.17. The zero-order valence-electron chi connectivity index (χ0n) is 16.2. The van der Waals surface area contributed by atoms with Crippen molar-refractivity contribution in [3.63, 3.8) is 0 Å². The number of rotatable bonds is 6. The quantitative estimate of drug-likeness (QED) is 0.477. The Morgan fingerprint density at radius 1 is 1.13 bits per heavy atom. The summed E-state index contributed by atoms with van der Waals surface area (Å²) in [7, 11) is 0. The molecular weight excluding hydrogens is 400 g/mol. The molecule has 5 rings (SSSR count). The molecule has 1 aromatic carbocycles. The third kappa shape index (κ3) is 3.89. The van der Waals surface area contributed by atoms with Crippen molar-refractivity contribution >= 4 is 28.0 Å². The Morgan fingerprint density at radius 3 is 2.80 bits per heavy atom. The fourth-order valence-electron chi connectivity index (χ4n) is 3.15. The molecule has 0 atom stereocenters. The zero-order valence-corrected chi connectivity index (χ0v) is 17.0. The number of ketones is 1. The van der Waals surface area contributed by atoms with Gasteiger partial charge in [-0.05, 0) is 37.3 Å². The largest absolute Gasteiger partial charge is 0.472 e. The van der Waals surface area contributed by atoms with Crippen molar-refractivity contribution < 1.29 is 9.53 Å². The summed E-state index contributed by atoms with van der Waals surface area (Å²) in [6.07, 6.45) is 1.86. The molecular formula is C21H18N6O2S. The van der Waals surface area contributed by atoms with Gasteiger partial charge in [-0.2, -0.15) is 10.2 Å². The van der Waals surface area contributed by atoms with Crippen LogP contribution in [-0.4, -0.2) is 50.4 Å². The number of benzene rings is 1. The number of Topliss-reactive ketones (excluding diaryl/α,β-unsaturated/α-hetero) is 1. The number of hydrogen-bond donors (Lipinski definition) is 1. The molecule has 0 bridgehead atoms. The van der Waals surface area contributed by atoms with E-state index in [0.29, 0.717) is 17.1 Å². The predicted octanol–water partition coefficient (Wildman–Crippen LogP) is 2.63. The Morgan fingerprint density at radius 2 is 2.03 bits per heavy atom. The predicted molar refractivity (Wildman–Crippen MR) is 113 cm³/mol. The Hall–Kier alpha value is -3.30. The van der Waals surface area contributed by atoms with E-state index < -0.39 is 0 Å². The van der Waals surface area contributed by atoms with Crippen molar-refractivity contribution in [1.29, 1.82) is 0 Å². The first-order valence-corrected chi connectivity index (χ1v) is 10.4. The van der Waals surface area contributed by atoms with Crippen molar-refractivity contribution in [2.45, 2.75) is 19.4 Å². The van der Waals surface area contributed by atoms with E-state index >= 15 is 0 Å². The Bertz CT molecular complexity index is 1240. The first-order chi connectivity index (χ1) is 14.6. The van der Waals surface area contributed by atoms with E-state index in [-0.39, 0.29) is 18.3 Å². The molecule has 1 fully saturated rings. The second-order valence-corrected chi connectivity index (χ2v) is 8.30. The van der Waals surface area contributed by atoms with Crippen LogP contribution in [0.15, 0.2) is 42.6 Å². The molecule has 1 saturated heterocycles. The van der Waals surface area contributed by atoms with Gasteiger partial charge in [-0.1, -0.05) is 11.3 Å². The lowest BCUT2D eigenvalue weighted by atomic mass is 10.1. The minimum atomic E-state index is -0.0569. The molecule has 0 saturated carbocycles. The number of carbonyl (C=O) groups excluding carboxylic acids is 1. The summed E-state index contributed by atoms with van der Waals surface area (Å²) in [5, 5.41) is 22.6. The van der Waals surface area contributed by atoms with Crippen LogP contribution in [-0.2, 0) is 6.42 Å². The van der Waals surface area contributed by atoms with Crippen LogP contribution in [0, 0.1) is 6.92 Å². The molecule has 4 aromatic rings. The lowest BCUT2D eigenvalue weighted by Gasteiger charge is -2.27. The molecule has 0 aliphatic carbocycles. The highest BCUT2D eigenvalue weighted by Crippen LogP contribution is 2.26. The molecule has 4 heterocycles. The van der Waals surface area contributed by atoms with Crippen molar-refractivity contribution in [2.24, 2.45) is 0 Å². The number of ether oxygens (including phenoxy) is 1. The molecule has 150 valence electrons. The van der Waals surface area contributed by atoms with Gasteiger partial charge in [-0.15, -0.1) is 10.2 Å². The van der Waals surface area contributed by atoms with Crippen LogP contribution in [0.3, 0.4) is 0 Å². The summed E-state index contributed by atoms with van der Waals surface area (Å²) in [6.45, 7) is 3.52. The second-order valence-electron chi connectivity index (χ2n) is 7.12. The van der Waals surface area contributed by atoms with E-state index in [0.717, 1.165) is 39.6 Å². The first-order valence-electron chi connectivity index (χ1n) is 9.57. The number of nitrogens with one attached hydrogen (secondary N) is 1. The fraction of sp³-hybridized carbons (Fsp3) is 0.238. The summed E-state index contributed by atoms with van der Waals surface area (Å²) in [5.74, 6) is 0.410. The molecule has 0 amide bonds. The van der Waals surface area contributed by atoms with Gasteiger partial charge in [0.15, 0.2) is 5.78 Å². The van der Waals surface area contributed by atoms with Crippen molar-refractivity contribution in [1.82, 2.24) is 30.7 Å². The van der Waals surface area contributed by atoms with E-state index in [1.807, 2.05) is 31.2 Å². The van der Waals surface area contributed by atoms with E-state index in [2.05, 4.69) is 30.7 Å². The van der Waals surface area contributed by atoms with E-state index in [1.165, 1.54) is 11.3 Å². The Labute approximate surface area is 176 Å². The first kappa shape index (κ1) is 18.7. The van der Waals surface area contributed by atoms with E-state index in [4.69, 9.17) is 4.74 Å². The molecule has 1 aliphatic heterocycles. The monoisotopic (exact) mass is 418 g/mol. The summed E-state index contributed by atoms with van der Waals surface area (Å²) in [6, 6.07) is 11.1. The van der Waals surface area contributed by atoms with E-state index in [1.54, 1.807) is 18.3 Å². The smallest absolute Gasteiger partial charge is 0.214 e. The second kappa shape index (κ2) is 7.85. The SMILES string of the molecule is Cc1nnc(-c2ccc3nnc(CC(=O)c4ccnc(OC5CNC5)c4)cc3c2)s1. The highest BCUT2D eigenvalue weighted by atomic mass is 32.1. The topological polar surface area (TPSA) is 103 Å². The van der Waals surface area contributed by atoms with Crippen LogP contribution in [0.1, 0.15) is 21.1 Å². The lowest BCUT2D eigenvalue weighted by molar-refractivity contribution is 0.0989. The van der Waals surface area contributed by atoms with Crippen LogP contribution in [0.25, 0.3) is 21.5 Å². The lowest BCUT2D eigenvalue weighted by Crippen LogP contribution is -2.50. The number of aryl methyl sites for hydroxylation is 1. The number of hydrogen-bond acceptors (Lipinski definition) is 9.